The van der Waals surface area contributed by atoms with Crippen LogP contribution in [0.2, 0.25) is 0 Å². The molecule has 0 amide bonds. The van der Waals surface area contributed by atoms with Gasteiger partial charge in [0.1, 0.15) is 6.10 Å². The zero-order valence-electron chi connectivity index (χ0n) is 8.80. The molecule has 3 rings (SSSR count). The average molecular weight is 235 g/mol. The number of hydrogen-bond acceptors (Lipinski definition) is 4. The summed E-state index contributed by atoms with van der Waals surface area (Å²) in [6.07, 6.45) is 2.02. The molecule has 2 aromatic heterocycles. The standard InChI is InChI=1S/C11H13N3OS/c12-4-8-9-6-15-10(5-14(9)7-13-8)11-2-1-3-16-11/h1-3,7,10H,4-6,12H2/t10-/m0/s1. The van der Waals surface area contributed by atoms with Crippen LogP contribution in [0.4, 0.5) is 0 Å². The smallest absolute Gasteiger partial charge is 0.110 e. The summed E-state index contributed by atoms with van der Waals surface area (Å²) in [7, 11) is 0. The number of nitrogens with two attached hydrogens (primary N) is 1. The molecule has 0 unspecified atom stereocenters. The minimum atomic E-state index is 0.160. The number of imidazole rings is 1. The van der Waals surface area contributed by atoms with Crippen molar-refractivity contribution in [3.8, 4) is 0 Å². The summed E-state index contributed by atoms with van der Waals surface area (Å²) in [4.78, 5) is 5.57. The lowest BCUT2D eigenvalue weighted by Crippen LogP contribution is -2.20. The Labute approximate surface area is 97.7 Å². The normalized spacial score (nSPS) is 19.7. The van der Waals surface area contributed by atoms with Crippen molar-refractivity contribution in [3.05, 3.63) is 40.1 Å². The van der Waals surface area contributed by atoms with Crippen LogP contribution < -0.4 is 5.73 Å². The van der Waals surface area contributed by atoms with E-state index in [9.17, 15) is 0 Å². The third-order valence-corrected chi connectivity index (χ3v) is 3.83. The first kappa shape index (κ1) is 10.0. The molecule has 0 spiro atoms. The first-order valence-electron chi connectivity index (χ1n) is 5.26. The largest absolute Gasteiger partial charge is 0.365 e. The van der Waals surface area contributed by atoms with Crippen LogP contribution in [0, 0.1) is 0 Å². The van der Waals surface area contributed by atoms with E-state index in [1.54, 1.807) is 11.3 Å². The molecule has 2 N–H and O–H groups in total. The monoisotopic (exact) mass is 235 g/mol. The van der Waals surface area contributed by atoms with Crippen molar-refractivity contribution in [2.75, 3.05) is 0 Å². The van der Waals surface area contributed by atoms with Crippen molar-refractivity contribution in [1.82, 2.24) is 9.55 Å². The summed E-state index contributed by atoms with van der Waals surface area (Å²) in [6.45, 7) is 1.92. The summed E-state index contributed by atoms with van der Waals surface area (Å²) in [5, 5.41) is 2.08. The summed E-state index contributed by atoms with van der Waals surface area (Å²) in [5.41, 5.74) is 7.69. The third kappa shape index (κ3) is 1.57. The van der Waals surface area contributed by atoms with E-state index in [0.29, 0.717) is 13.2 Å². The predicted octanol–water partition coefficient (Wildman–Crippen LogP) is 1.67. The van der Waals surface area contributed by atoms with E-state index in [0.717, 1.165) is 17.9 Å². The van der Waals surface area contributed by atoms with Crippen LogP contribution in [-0.4, -0.2) is 9.55 Å². The van der Waals surface area contributed by atoms with Gasteiger partial charge in [-0.25, -0.2) is 4.98 Å². The van der Waals surface area contributed by atoms with Crippen LogP contribution in [0.15, 0.2) is 23.8 Å². The fourth-order valence-electron chi connectivity index (χ4n) is 2.00. The van der Waals surface area contributed by atoms with E-state index in [2.05, 4.69) is 27.1 Å². The second-order valence-electron chi connectivity index (χ2n) is 3.81. The highest BCUT2D eigenvalue weighted by Gasteiger charge is 2.23. The minimum Gasteiger partial charge on any atom is -0.365 e. The molecule has 3 heterocycles. The Balaban J connectivity index is 1.87. The lowest BCUT2D eigenvalue weighted by Gasteiger charge is -2.24. The molecule has 1 atom stereocenters. The molecule has 1 aliphatic heterocycles. The number of ether oxygens (including phenoxy) is 1. The summed E-state index contributed by atoms with van der Waals surface area (Å²) in [6, 6.07) is 4.17. The van der Waals surface area contributed by atoms with E-state index in [1.165, 1.54) is 4.88 Å². The number of hydrogen-bond donors (Lipinski definition) is 1. The third-order valence-electron chi connectivity index (χ3n) is 2.87. The van der Waals surface area contributed by atoms with Gasteiger partial charge in [-0.15, -0.1) is 11.3 Å². The number of fused-ring (bicyclic) bond motifs is 1. The first-order chi connectivity index (χ1) is 7.88. The van der Waals surface area contributed by atoms with E-state index < -0.39 is 0 Å². The molecule has 0 aliphatic carbocycles. The number of nitrogens with zero attached hydrogens (tertiary/aromatic N) is 2. The number of rotatable bonds is 2. The lowest BCUT2D eigenvalue weighted by atomic mass is 10.2. The van der Waals surface area contributed by atoms with Crippen LogP contribution in [-0.2, 0) is 24.4 Å². The van der Waals surface area contributed by atoms with Gasteiger partial charge in [-0.3, -0.25) is 0 Å². The zero-order valence-corrected chi connectivity index (χ0v) is 9.61. The number of thiophene rings is 1. The molecule has 16 heavy (non-hydrogen) atoms. The molecule has 5 heteroatoms. The van der Waals surface area contributed by atoms with Gasteiger partial charge in [0.2, 0.25) is 0 Å². The fraction of sp³-hybridized carbons (Fsp3) is 0.364. The molecular weight excluding hydrogens is 222 g/mol. The Morgan fingerprint density at radius 2 is 2.56 bits per heavy atom. The van der Waals surface area contributed by atoms with Crippen LogP contribution in [0.3, 0.4) is 0 Å². The molecule has 1 aliphatic rings. The van der Waals surface area contributed by atoms with Gasteiger partial charge in [-0.1, -0.05) is 6.07 Å². The van der Waals surface area contributed by atoms with Gasteiger partial charge >= 0.3 is 0 Å². The lowest BCUT2D eigenvalue weighted by molar-refractivity contribution is 0.00477. The van der Waals surface area contributed by atoms with Gasteiger partial charge < -0.3 is 15.0 Å². The van der Waals surface area contributed by atoms with Gasteiger partial charge in [0, 0.05) is 11.4 Å². The molecule has 0 fully saturated rings. The van der Waals surface area contributed by atoms with E-state index in [4.69, 9.17) is 10.5 Å². The van der Waals surface area contributed by atoms with E-state index in [1.807, 2.05) is 6.33 Å². The average Bonchev–Trinajstić information content (AvgIpc) is 2.97. The molecule has 0 saturated carbocycles. The molecule has 4 nitrogen and oxygen atoms in total. The summed E-state index contributed by atoms with van der Waals surface area (Å²) in [5.74, 6) is 0. The van der Waals surface area contributed by atoms with Crippen LogP contribution in [0.5, 0.6) is 0 Å². The molecule has 2 aromatic rings. The summed E-state index contributed by atoms with van der Waals surface area (Å²) >= 11 is 1.73. The molecule has 0 bridgehead atoms. The maximum Gasteiger partial charge on any atom is 0.110 e. The summed E-state index contributed by atoms with van der Waals surface area (Å²) < 4.78 is 7.99. The van der Waals surface area contributed by atoms with Crippen molar-refractivity contribution in [3.63, 3.8) is 0 Å². The quantitative estimate of drug-likeness (QED) is 0.861. The SMILES string of the molecule is NCc1ncn2c1CO[C@H](c1cccs1)C2. The van der Waals surface area contributed by atoms with Gasteiger partial charge in [0.15, 0.2) is 0 Å². The van der Waals surface area contributed by atoms with Crippen molar-refractivity contribution in [2.45, 2.75) is 25.8 Å². The Kier molecular flexibility index (Phi) is 2.51. The topological polar surface area (TPSA) is 53.1 Å². The van der Waals surface area contributed by atoms with Crippen LogP contribution >= 0.6 is 11.3 Å². The van der Waals surface area contributed by atoms with Gasteiger partial charge in [-0.05, 0) is 11.4 Å². The van der Waals surface area contributed by atoms with Gasteiger partial charge in [0.05, 0.1) is 30.9 Å². The molecule has 0 saturated heterocycles. The second kappa shape index (κ2) is 4.01. The molecule has 0 aromatic carbocycles. The first-order valence-corrected chi connectivity index (χ1v) is 6.14. The second-order valence-corrected chi connectivity index (χ2v) is 4.79. The van der Waals surface area contributed by atoms with Crippen molar-refractivity contribution < 1.29 is 4.74 Å². The highest BCUT2D eigenvalue weighted by molar-refractivity contribution is 7.10. The molecule has 84 valence electrons. The maximum atomic E-state index is 5.84. The molecular formula is C11H13N3OS. The molecule has 0 radical (unpaired) electrons. The van der Waals surface area contributed by atoms with Gasteiger partial charge in [-0.2, -0.15) is 0 Å². The number of aromatic nitrogens is 2. The van der Waals surface area contributed by atoms with Crippen molar-refractivity contribution >= 4 is 11.3 Å². The Morgan fingerprint density at radius 1 is 1.62 bits per heavy atom. The minimum absolute atomic E-state index is 0.160. The fourth-order valence-corrected chi connectivity index (χ4v) is 2.77. The van der Waals surface area contributed by atoms with Crippen molar-refractivity contribution in [2.24, 2.45) is 5.73 Å². The van der Waals surface area contributed by atoms with E-state index in [-0.39, 0.29) is 6.10 Å². The highest BCUT2D eigenvalue weighted by atomic mass is 32.1. The van der Waals surface area contributed by atoms with E-state index >= 15 is 0 Å². The Morgan fingerprint density at radius 3 is 3.31 bits per heavy atom. The Bertz CT molecular complexity index is 477. The maximum absolute atomic E-state index is 5.84. The zero-order chi connectivity index (χ0) is 11.0. The highest BCUT2D eigenvalue weighted by Crippen LogP contribution is 2.30. The van der Waals surface area contributed by atoms with Crippen molar-refractivity contribution in [1.29, 1.82) is 0 Å². The predicted molar refractivity (Wildman–Crippen MR) is 62.0 cm³/mol. The van der Waals surface area contributed by atoms with Gasteiger partial charge in [0.25, 0.3) is 0 Å². The Hall–Kier alpha value is -1.17. The van der Waals surface area contributed by atoms with Crippen LogP contribution in [0.1, 0.15) is 22.4 Å². The van der Waals surface area contributed by atoms with Crippen LogP contribution in [0.25, 0.3) is 0 Å².